The average Bonchev–Trinajstić information content (AvgIpc) is 3.88. The van der Waals surface area contributed by atoms with Gasteiger partial charge in [0.1, 0.15) is 29.3 Å². The molecule has 3 saturated heterocycles. The van der Waals surface area contributed by atoms with Crippen molar-refractivity contribution in [2.75, 3.05) is 58.1 Å². The first kappa shape index (κ1) is 37.0. The van der Waals surface area contributed by atoms with E-state index in [9.17, 15) is 9.59 Å². The lowest BCUT2D eigenvalue weighted by Gasteiger charge is -2.36. The van der Waals surface area contributed by atoms with Crippen LogP contribution in [-0.4, -0.2) is 102 Å². The van der Waals surface area contributed by atoms with Crippen LogP contribution in [0.4, 0.5) is 5.82 Å². The molecule has 3 aliphatic heterocycles. The molecule has 6 heterocycles. The zero-order valence-electron chi connectivity index (χ0n) is 32.2. The summed E-state index contributed by atoms with van der Waals surface area (Å²) in [5.41, 5.74) is 10.3. The highest BCUT2D eigenvalue weighted by molar-refractivity contribution is 5.98. The summed E-state index contributed by atoms with van der Waals surface area (Å²) in [7, 11) is 0. The number of hydrogen-bond acceptors (Lipinski definition) is 10. The number of likely N-dealkylation sites (tertiary alicyclic amines) is 3. The van der Waals surface area contributed by atoms with E-state index in [0.717, 1.165) is 111 Å². The van der Waals surface area contributed by atoms with Crippen molar-refractivity contribution in [1.82, 2.24) is 44.0 Å². The molecule has 0 radical (unpaired) electrons. The minimum Gasteiger partial charge on any atom is -0.457 e. The van der Waals surface area contributed by atoms with E-state index in [0.29, 0.717) is 17.8 Å². The number of nitrogens with zero attached hydrogens (tertiary/aromatic N) is 8. The number of anilines is 1. The van der Waals surface area contributed by atoms with Crippen LogP contribution < -0.4 is 21.7 Å². The third-order valence-electron chi connectivity index (χ3n) is 12.2. The molecule has 3 aliphatic rings. The lowest BCUT2D eigenvalue weighted by Crippen LogP contribution is -2.43. The first-order chi connectivity index (χ1) is 27.9. The molecule has 3 aromatic heterocycles. The third-order valence-corrected chi connectivity index (χ3v) is 12.2. The molecule has 13 heteroatoms. The van der Waals surface area contributed by atoms with Gasteiger partial charge in [0.25, 0.3) is 5.56 Å². The standard InChI is InChI=1S/C44H50N10O3/c45-42-40-41(33-9-13-38(14-10-33)57-37-5-2-1-3-6-37)49-54(43(40)47-30-46-42)35-18-26-52(27-19-35)36-17-25-51(29-36)22-4-21-50-23-15-32(16-24-50)31-7-11-34(12-8-31)53-28-20-39(55)48-44(53)56/h1-3,5-14,20,28,30,32,35-36H,4,15-19,21-27,29H2,(H2,45,46,47)(H,48,55,56). The number of benzene rings is 3. The SMILES string of the molecule is Nc1ncnc2c1c(-c1ccc(Oc3ccccc3)cc1)nn2C1CCN(C2CCN(CCCN3CCC(c4ccc(-n5ccc(=O)[nH]c5=O)cc4)CC3)C2)CC1. The van der Waals surface area contributed by atoms with E-state index in [2.05, 4.69) is 46.5 Å². The minimum atomic E-state index is -0.417. The van der Waals surface area contributed by atoms with Crippen molar-refractivity contribution in [1.29, 1.82) is 0 Å². The zero-order chi connectivity index (χ0) is 38.7. The number of fused-ring (bicyclic) bond motifs is 1. The second-order valence-corrected chi connectivity index (χ2v) is 15.7. The second kappa shape index (κ2) is 16.5. The summed E-state index contributed by atoms with van der Waals surface area (Å²) in [6.07, 6.45) is 9.84. The van der Waals surface area contributed by atoms with Gasteiger partial charge in [-0.1, -0.05) is 30.3 Å². The molecule has 3 aromatic carbocycles. The van der Waals surface area contributed by atoms with Gasteiger partial charge in [-0.05, 0) is 131 Å². The number of H-pyrrole nitrogens is 1. The highest BCUT2D eigenvalue weighted by Crippen LogP contribution is 2.36. The van der Waals surface area contributed by atoms with E-state index in [1.165, 1.54) is 41.8 Å². The molecule has 0 saturated carbocycles. The summed E-state index contributed by atoms with van der Waals surface area (Å²) in [6.45, 7) is 8.96. The molecule has 1 unspecified atom stereocenters. The molecule has 0 aliphatic carbocycles. The fourth-order valence-corrected chi connectivity index (χ4v) is 9.10. The van der Waals surface area contributed by atoms with Crippen molar-refractivity contribution in [2.45, 2.75) is 56.5 Å². The van der Waals surface area contributed by atoms with Gasteiger partial charge in [0.15, 0.2) is 5.65 Å². The Morgan fingerprint density at radius 2 is 1.44 bits per heavy atom. The summed E-state index contributed by atoms with van der Waals surface area (Å²) in [6, 6.07) is 28.2. The predicted octanol–water partition coefficient (Wildman–Crippen LogP) is 5.69. The molecule has 6 aromatic rings. The lowest BCUT2D eigenvalue weighted by atomic mass is 9.89. The largest absolute Gasteiger partial charge is 0.457 e. The Bertz CT molecular complexity index is 2390. The number of aromatic amines is 1. The summed E-state index contributed by atoms with van der Waals surface area (Å²) in [5, 5.41) is 5.95. The molecular weight excluding hydrogens is 717 g/mol. The van der Waals surface area contributed by atoms with Gasteiger partial charge in [0.2, 0.25) is 0 Å². The normalized spacial score (nSPS) is 19.1. The summed E-state index contributed by atoms with van der Waals surface area (Å²) < 4.78 is 9.59. The first-order valence-corrected chi connectivity index (χ1v) is 20.4. The van der Waals surface area contributed by atoms with Crippen LogP contribution in [0.25, 0.3) is 28.0 Å². The number of nitrogens with two attached hydrogens (primary N) is 1. The number of para-hydroxylation sites is 1. The van der Waals surface area contributed by atoms with E-state index < -0.39 is 5.69 Å². The predicted molar refractivity (Wildman–Crippen MR) is 222 cm³/mol. The summed E-state index contributed by atoms with van der Waals surface area (Å²) in [5.74, 6) is 2.54. The van der Waals surface area contributed by atoms with Crippen LogP contribution in [0.15, 0.2) is 107 Å². The number of aromatic nitrogens is 6. The fourth-order valence-electron chi connectivity index (χ4n) is 9.10. The minimum absolute atomic E-state index is 0.252. The van der Waals surface area contributed by atoms with Crippen LogP contribution in [0.3, 0.4) is 0 Å². The molecule has 1 atom stereocenters. The Morgan fingerprint density at radius 3 is 2.19 bits per heavy atom. The maximum atomic E-state index is 12.2. The molecule has 3 fully saturated rings. The van der Waals surface area contributed by atoms with Crippen LogP contribution in [0.5, 0.6) is 11.5 Å². The van der Waals surface area contributed by atoms with Crippen LogP contribution in [0.1, 0.15) is 56.0 Å². The van der Waals surface area contributed by atoms with Crippen LogP contribution >= 0.6 is 0 Å². The van der Waals surface area contributed by atoms with Gasteiger partial charge in [-0.2, -0.15) is 5.10 Å². The quantitative estimate of drug-likeness (QED) is 0.169. The molecule has 13 nitrogen and oxygen atoms in total. The first-order valence-electron chi connectivity index (χ1n) is 20.4. The molecule has 294 valence electrons. The van der Waals surface area contributed by atoms with E-state index in [1.807, 2.05) is 66.7 Å². The smallest absolute Gasteiger partial charge is 0.332 e. The van der Waals surface area contributed by atoms with Crippen molar-refractivity contribution < 1.29 is 4.74 Å². The van der Waals surface area contributed by atoms with Gasteiger partial charge in [-0.25, -0.2) is 19.4 Å². The maximum absolute atomic E-state index is 12.2. The van der Waals surface area contributed by atoms with Gasteiger partial charge >= 0.3 is 5.69 Å². The van der Waals surface area contributed by atoms with Crippen molar-refractivity contribution in [2.24, 2.45) is 0 Å². The molecule has 0 bridgehead atoms. The average molecular weight is 767 g/mol. The van der Waals surface area contributed by atoms with Crippen LogP contribution in [-0.2, 0) is 0 Å². The zero-order valence-corrected chi connectivity index (χ0v) is 32.2. The van der Waals surface area contributed by atoms with E-state index in [-0.39, 0.29) is 11.6 Å². The molecule has 3 N–H and O–H groups in total. The van der Waals surface area contributed by atoms with Gasteiger partial charge in [-0.3, -0.25) is 19.2 Å². The monoisotopic (exact) mass is 766 g/mol. The number of nitrogen functional groups attached to an aromatic ring is 1. The summed E-state index contributed by atoms with van der Waals surface area (Å²) >= 11 is 0. The number of piperidine rings is 2. The van der Waals surface area contributed by atoms with Gasteiger partial charge in [0.05, 0.1) is 17.1 Å². The summed E-state index contributed by atoms with van der Waals surface area (Å²) in [4.78, 5) is 42.9. The number of hydrogen-bond donors (Lipinski definition) is 2. The van der Waals surface area contributed by atoms with Crippen molar-refractivity contribution in [3.8, 4) is 28.4 Å². The third kappa shape index (κ3) is 8.13. The fraction of sp³-hybridized carbons (Fsp3) is 0.386. The van der Waals surface area contributed by atoms with Gasteiger partial charge in [0, 0.05) is 43.5 Å². The Balaban J connectivity index is 0.736. The Hall–Kier alpha value is -5.63. The van der Waals surface area contributed by atoms with Gasteiger partial charge < -0.3 is 20.3 Å². The van der Waals surface area contributed by atoms with Crippen molar-refractivity contribution in [3.63, 3.8) is 0 Å². The number of nitrogens with one attached hydrogen (secondary N) is 1. The topological polar surface area (TPSA) is 143 Å². The van der Waals surface area contributed by atoms with Crippen LogP contribution in [0.2, 0.25) is 0 Å². The molecule has 0 spiro atoms. The Morgan fingerprint density at radius 1 is 0.737 bits per heavy atom. The second-order valence-electron chi connectivity index (χ2n) is 15.7. The van der Waals surface area contributed by atoms with Crippen molar-refractivity contribution in [3.05, 3.63) is 124 Å². The van der Waals surface area contributed by atoms with E-state index in [1.54, 1.807) is 6.33 Å². The highest BCUT2D eigenvalue weighted by atomic mass is 16.5. The highest BCUT2D eigenvalue weighted by Gasteiger charge is 2.32. The van der Waals surface area contributed by atoms with Crippen molar-refractivity contribution >= 4 is 16.9 Å². The number of ether oxygens (including phenoxy) is 1. The maximum Gasteiger partial charge on any atom is 0.332 e. The molecular formula is C44H50N10O3. The number of rotatable bonds is 11. The molecule has 0 amide bonds. The van der Waals surface area contributed by atoms with E-state index >= 15 is 0 Å². The van der Waals surface area contributed by atoms with E-state index in [4.69, 9.17) is 15.6 Å². The van der Waals surface area contributed by atoms with Crippen LogP contribution in [0, 0.1) is 0 Å². The Kier molecular flexibility index (Phi) is 10.7. The van der Waals surface area contributed by atoms with Gasteiger partial charge in [-0.15, -0.1) is 0 Å². The Labute approximate surface area is 331 Å². The lowest BCUT2D eigenvalue weighted by molar-refractivity contribution is 0.131. The molecule has 9 rings (SSSR count). The molecule has 57 heavy (non-hydrogen) atoms.